The largest absolute Gasteiger partial charge is 0.383 e. The molecular formula is C15H27NO2. The summed E-state index contributed by atoms with van der Waals surface area (Å²) in [5.41, 5.74) is 0. The topological polar surface area (TPSA) is 29.5 Å². The van der Waals surface area contributed by atoms with Crippen LogP contribution >= 0.6 is 0 Å². The molecule has 104 valence electrons. The molecule has 2 unspecified atom stereocenters. The van der Waals surface area contributed by atoms with Crippen molar-refractivity contribution in [2.45, 2.75) is 51.5 Å². The number of rotatable bonds is 7. The Morgan fingerprint density at radius 2 is 2.11 bits per heavy atom. The molecule has 0 saturated heterocycles. The maximum atomic E-state index is 12.1. The molecule has 0 amide bonds. The van der Waals surface area contributed by atoms with E-state index in [1.807, 2.05) is 0 Å². The smallest absolute Gasteiger partial charge is 0.137 e. The van der Waals surface area contributed by atoms with Crippen molar-refractivity contribution in [3.63, 3.8) is 0 Å². The molecule has 2 aliphatic carbocycles. The number of carbonyl (C=O) groups excluding carboxylic acids is 1. The molecule has 0 N–H and O–H groups in total. The van der Waals surface area contributed by atoms with Crippen LogP contribution in [0.4, 0.5) is 0 Å². The predicted octanol–water partition coefficient (Wildman–Crippen LogP) is 2.49. The van der Waals surface area contributed by atoms with Gasteiger partial charge in [0, 0.05) is 38.6 Å². The number of nitrogens with zero attached hydrogens (tertiary/aromatic N) is 1. The summed E-state index contributed by atoms with van der Waals surface area (Å²) in [6, 6.07) is 0.731. The molecule has 0 aromatic carbocycles. The Kier molecular flexibility index (Phi) is 5.19. The van der Waals surface area contributed by atoms with E-state index in [0.29, 0.717) is 11.7 Å². The van der Waals surface area contributed by atoms with E-state index in [4.69, 9.17) is 4.74 Å². The van der Waals surface area contributed by atoms with Gasteiger partial charge in [0.05, 0.1) is 6.61 Å². The van der Waals surface area contributed by atoms with Crippen molar-refractivity contribution in [1.82, 2.24) is 4.90 Å². The minimum atomic E-state index is 0.293. The molecule has 0 heterocycles. The van der Waals surface area contributed by atoms with Gasteiger partial charge in [0.2, 0.25) is 0 Å². The van der Waals surface area contributed by atoms with E-state index in [9.17, 15) is 4.79 Å². The molecule has 3 nitrogen and oxygen atoms in total. The van der Waals surface area contributed by atoms with Crippen molar-refractivity contribution in [2.24, 2.45) is 11.8 Å². The quantitative estimate of drug-likeness (QED) is 0.698. The molecule has 3 heteroatoms. The van der Waals surface area contributed by atoms with Gasteiger partial charge in [-0.3, -0.25) is 9.69 Å². The molecule has 0 aliphatic heterocycles. The van der Waals surface area contributed by atoms with Gasteiger partial charge in [0.1, 0.15) is 5.78 Å². The summed E-state index contributed by atoms with van der Waals surface area (Å²) in [6.45, 7) is 5.00. The third-order valence-corrected chi connectivity index (χ3v) is 4.55. The summed E-state index contributed by atoms with van der Waals surface area (Å²) < 4.78 is 5.18. The van der Waals surface area contributed by atoms with E-state index in [1.165, 1.54) is 19.3 Å². The second kappa shape index (κ2) is 6.67. The zero-order valence-electron chi connectivity index (χ0n) is 11.9. The fraction of sp³-hybridized carbons (Fsp3) is 0.933. The molecule has 2 fully saturated rings. The Hall–Kier alpha value is -0.410. The van der Waals surface area contributed by atoms with E-state index in [1.54, 1.807) is 7.11 Å². The van der Waals surface area contributed by atoms with Crippen LogP contribution in [0.25, 0.3) is 0 Å². The molecule has 2 aliphatic rings. The molecule has 2 rings (SSSR count). The first-order chi connectivity index (χ1) is 8.74. The van der Waals surface area contributed by atoms with Crippen LogP contribution in [0.1, 0.15) is 45.4 Å². The van der Waals surface area contributed by atoms with Crippen molar-refractivity contribution in [1.29, 1.82) is 0 Å². The van der Waals surface area contributed by atoms with Crippen molar-refractivity contribution in [3.8, 4) is 0 Å². The number of methoxy groups -OCH3 is 1. The summed E-state index contributed by atoms with van der Waals surface area (Å²) >= 11 is 0. The van der Waals surface area contributed by atoms with Crippen LogP contribution in [0.15, 0.2) is 0 Å². The van der Waals surface area contributed by atoms with Crippen LogP contribution in [0.3, 0.4) is 0 Å². The van der Waals surface area contributed by atoms with E-state index in [2.05, 4.69) is 11.8 Å². The van der Waals surface area contributed by atoms with Gasteiger partial charge in [-0.15, -0.1) is 0 Å². The van der Waals surface area contributed by atoms with E-state index in [-0.39, 0.29) is 0 Å². The first-order valence-electron chi connectivity index (χ1n) is 7.50. The highest BCUT2D eigenvalue weighted by atomic mass is 16.5. The van der Waals surface area contributed by atoms with Gasteiger partial charge >= 0.3 is 0 Å². The summed E-state index contributed by atoms with van der Waals surface area (Å²) in [5.74, 6) is 1.57. The second-order valence-electron chi connectivity index (χ2n) is 5.93. The third kappa shape index (κ3) is 3.79. The van der Waals surface area contributed by atoms with Crippen LogP contribution in [0, 0.1) is 11.8 Å². The number of hydrogen-bond donors (Lipinski definition) is 0. The molecule has 2 saturated carbocycles. The minimum Gasteiger partial charge on any atom is -0.383 e. The maximum absolute atomic E-state index is 12.1. The van der Waals surface area contributed by atoms with Gasteiger partial charge in [0.25, 0.3) is 0 Å². The molecule has 0 radical (unpaired) electrons. The van der Waals surface area contributed by atoms with Crippen molar-refractivity contribution in [3.05, 3.63) is 0 Å². The number of Topliss-reactive ketones (excluding diaryl/α,β-unsaturated/α-hetero) is 1. The van der Waals surface area contributed by atoms with E-state index in [0.717, 1.165) is 50.9 Å². The summed E-state index contributed by atoms with van der Waals surface area (Å²) in [6.07, 6.45) is 6.89. The summed E-state index contributed by atoms with van der Waals surface area (Å²) in [5, 5.41) is 0. The lowest BCUT2D eigenvalue weighted by Gasteiger charge is -2.32. The fourth-order valence-electron chi connectivity index (χ4n) is 3.10. The Morgan fingerprint density at radius 3 is 2.72 bits per heavy atom. The monoisotopic (exact) mass is 253 g/mol. The molecule has 0 aromatic rings. The zero-order chi connectivity index (χ0) is 13.0. The van der Waals surface area contributed by atoms with E-state index >= 15 is 0 Å². The summed E-state index contributed by atoms with van der Waals surface area (Å²) in [7, 11) is 1.75. The third-order valence-electron chi connectivity index (χ3n) is 4.55. The normalized spacial score (nSPS) is 28.9. The van der Waals surface area contributed by atoms with Crippen LogP contribution in [-0.2, 0) is 9.53 Å². The Balaban J connectivity index is 1.85. The zero-order valence-corrected chi connectivity index (χ0v) is 11.9. The van der Waals surface area contributed by atoms with Crippen LogP contribution < -0.4 is 0 Å². The highest BCUT2D eigenvalue weighted by Crippen LogP contribution is 2.32. The number of carbonyl (C=O) groups is 1. The van der Waals surface area contributed by atoms with E-state index < -0.39 is 0 Å². The SMILES string of the molecule is CCC1CCC(=O)C(CN(CCOC)C2CC2)C1. The van der Waals surface area contributed by atoms with Gasteiger partial charge in [0.15, 0.2) is 0 Å². The maximum Gasteiger partial charge on any atom is 0.137 e. The average molecular weight is 253 g/mol. The molecular weight excluding hydrogens is 226 g/mol. The van der Waals surface area contributed by atoms with Crippen molar-refractivity contribution < 1.29 is 9.53 Å². The molecule has 0 spiro atoms. The van der Waals surface area contributed by atoms with Crippen molar-refractivity contribution in [2.75, 3.05) is 26.8 Å². The molecule has 18 heavy (non-hydrogen) atoms. The standard InChI is InChI=1S/C15H27NO2/c1-3-12-4-7-15(17)13(10-12)11-16(8-9-18-2)14-5-6-14/h12-14H,3-11H2,1-2H3. The minimum absolute atomic E-state index is 0.293. The van der Waals surface area contributed by atoms with Gasteiger partial charge in [-0.25, -0.2) is 0 Å². The first-order valence-corrected chi connectivity index (χ1v) is 7.50. The Morgan fingerprint density at radius 1 is 1.33 bits per heavy atom. The van der Waals surface area contributed by atoms with Crippen LogP contribution in [0.2, 0.25) is 0 Å². The molecule has 0 bridgehead atoms. The number of hydrogen-bond acceptors (Lipinski definition) is 3. The Bertz CT molecular complexity index is 276. The Labute approximate surface area is 111 Å². The second-order valence-corrected chi connectivity index (χ2v) is 5.93. The van der Waals surface area contributed by atoms with Gasteiger partial charge < -0.3 is 4.74 Å². The van der Waals surface area contributed by atoms with Gasteiger partial charge in [-0.2, -0.15) is 0 Å². The lowest BCUT2D eigenvalue weighted by atomic mass is 9.79. The van der Waals surface area contributed by atoms with Crippen molar-refractivity contribution >= 4 is 5.78 Å². The number of ether oxygens (including phenoxy) is 1. The number of ketones is 1. The van der Waals surface area contributed by atoms with Crippen LogP contribution in [0.5, 0.6) is 0 Å². The van der Waals surface area contributed by atoms with Gasteiger partial charge in [-0.1, -0.05) is 13.3 Å². The lowest BCUT2D eigenvalue weighted by molar-refractivity contribution is -0.126. The average Bonchev–Trinajstić information content (AvgIpc) is 3.21. The molecule has 0 aromatic heterocycles. The summed E-state index contributed by atoms with van der Waals surface area (Å²) in [4.78, 5) is 14.5. The lowest BCUT2D eigenvalue weighted by Crippen LogP contribution is -2.39. The van der Waals surface area contributed by atoms with Gasteiger partial charge in [-0.05, 0) is 31.6 Å². The highest BCUT2D eigenvalue weighted by Gasteiger charge is 2.34. The molecule has 2 atom stereocenters. The van der Waals surface area contributed by atoms with Crippen LogP contribution in [-0.4, -0.2) is 43.5 Å². The highest BCUT2D eigenvalue weighted by molar-refractivity contribution is 5.82. The predicted molar refractivity (Wildman–Crippen MR) is 72.6 cm³/mol. The first kappa shape index (κ1) is 14.0. The fourth-order valence-corrected chi connectivity index (χ4v) is 3.10.